The molecule has 4 heterocycles. The zero-order valence-electron chi connectivity index (χ0n) is 14.3. The number of morpholine rings is 1. The third kappa shape index (κ3) is 3.19. The van der Waals surface area contributed by atoms with Gasteiger partial charge in [-0.15, -0.1) is 0 Å². The van der Waals surface area contributed by atoms with Crippen LogP contribution in [-0.4, -0.2) is 58.6 Å². The molecule has 1 amide bonds. The van der Waals surface area contributed by atoms with E-state index in [9.17, 15) is 4.79 Å². The van der Waals surface area contributed by atoms with Crippen molar-refractivity contribution in [3.63, 3.8) is 0 Å². The summed E-state index contributed by atoms with van der Waals surface area (Å²) >= 11 is 0. The van der Waals surface area contributed by atoms with Gasteiger partial charge in [-0.2, -0.15) is 0 Å². The van der Waals surface area contributed by atoms with Crippen LogP contribution in [0, 0.1) is 6.92 Å². The third-order valence-corrected chi connectivity index (χ3v) is 4.69. The number of aryl methyl sites for hydroxylation is 1. The highest BCUT2D eigenvalue weighted by atomic mass is 16.5. The van der Waals surface area contributed by atoms with Crippen LogP contribution < -0.4 is 4.90 Å². The molecule has 1 saturated heterocycles. The minimum absolute atomic E-state index is 0.0408. The van der Waals surface area contributed by atoms with Gasteiger partial charge in [-0.25, -0.2) is 15.0 Å². The first kappa shape index (κ1) is 16.0. The quantitative estimate of drug-likeness (QED) is 0.819. The van der Waals surface area contributed by atoms with E-state index in [4.69, 9.17) is 4.74 Å². The molecule has 0 unspecified atom stereocenters. The van der Waals surface area contributed by atoms with Crippen molar-refractivity contribution < 1.29 is 9.53 Å². The lowest BCUT2D eigenvalue weighted by molar-refractivity contribution is 0.0725. The minimum Gasteiger partial charge on any atom is -0.378 e. The number of pyridine rings is 1. The van der Waals surface area contributed by atoms with Crippen LogP contribution in [0.25, 0.3) is 0 Å². The first-order valence-corrected chi connectivity index (χ1v) is 8.61. The second kappa shape index (κ2) is 6.76. The van der Waals surface area contributed by atoms with E-state index in [2.05, 4.69) is 19.9 Å². The Hall–Kier alpha value is -2.54. The molecule has 7 nitrogen and oxygen atoms in total. The molecule has 0 radical (unpaired) electrons. The van der Waals surface area contributed by atoms with Crippen LogP contribution in [0.15, 0.2) is 24.5 Å². The van der Waals surface area contributed by atoms with E-state index >= 15 is 0 Å². The Balaban J connectivity index is 1.56. The molecule has 0 bridgehead atoms. The molecule has 25 heavy (non-hydrogen) atoms. The largest absolute Gasteiger partial charge is 0.378 e. The van der Waals surface area contributed by atoms with Gasteiger partial charge in [0.2, 0.25) is 0 Å². The van der Waals surface area contributed by atoms with Gasteiger partial charge in [-0.1, -0.05) is 6.07 Å². The van der Waals surface area contributed by atoms with Crippen LogP contribution in [0.5, 0.6) is 0 Å². The van der Waals surface area contributed by atoms with Crippen molar-refractivity contribution in [2.45, 2.75) is 19.9 Å². The maximum absolute atomic E-state index is 12.7. The van der Waals surface area contributed by atoms with Crippen molar-refractivity contribution in [3.8, 4) is 0 Å². The molecule has 0 aliphatic carbocycles. The Kier molecular flexibility index (Phi) is 4.31. The molecule has 7 heteroatoms. The van der Waals surface area contributed by atoms with Gasteiger partial charge in [-0.3, -0.25) is 4.79 Å². The Labute approximate surface area is 146 Å². The van der Waals surface area contributed by atoms with E-state index in [1.807, 2.05) is 24.0 Å². The molecule has 0 atom stereocenters. The van der Waals surface area contributed by atoms with Crippen molar-refractivity contribution in [2.24, 2.45) is 0 Å². The van der Waals surface area contributed by atoms with E-state index in [1.165, 1.54) is 0 Å². The lowest BCUT2D eigenvalue weighted by Crippen LogP contribution is -2.40. The Morgan fingerprint density at radius 1 is 1.16 bits per heavy atom. The number of carbonyl (C=O) groups is 1. The number of carbonyl (C=O) groups excluding carboxylic acids is 1. The predicted octanol–water partition coefficient (Wildman–Crippen LogP) is 1.22. The molecule has 2 aliphatic rings. The number of amides is 1. The molecule has 2 aliphatic heterocycles. The Morgan fingerprint density at radius 2 is 2.00 bits per heavy atom. The van der Waals surface area contributed by atoms with Gasteiger partial charge in [0.1, 0.15) is 17.8 Å². The smallest absolute Gasteiger partial charge is 0.272 e. The van der Waals surface area contributed by atoms with Gasteiger partial charge >= 0.3 is 0 Å². The maximum Gasteiger partial charge on any atom is 0.272 e. The van der Waals surface area contributed by atoms with Gasteiger partial charge in [0.05, 0.1) is 25.5 Å². The van der Waals surface area contributed by atoms with Crippen LogP contribution in [0.3, 0.4) is 0 Å². The van der Waals surface area contributed by atoms with Gasteiger partial charge in [0.15, 0.2) is 0 Å². The highest BCUT2D eigenvalue weighted by molar-refractivity contribution is 5.92. The van der Waals surface area contributed by atoms with E-state index < -0.39 is 0 Å². The number of hydrogen-bond donors (Lipinski definition) is 0. The van der Waals surface area contributed by atoms with E-state index in [1.54, 1.807) is 12.4 Å². The standard InChI is InChI=1S/C18H21N5O2/c1-13-3-2-4-15(21-13)18(24)23-6-5-14-16(11-23)19-12-20-17(14)22-7-9-25-10-8-22/h2-4,12H,5-11H2,1H3. The number of fused-ring (bicyclic) bond motifs is 1. The number of nitrogens with zero attached hydrogens (tertiary/aromatic N) is 5. The topological polar surface area (TPSA) is 71.5 Å². The highest BCUT2D eigenvalue weighted by Gasteiger charge is 2.27. The second-order valence-corrected chi connectivity index (χ2v) is 6.36. The molecule has 2 aromatic rings. The van der Waals surface area contributed by atoms with Crippen LogP contribution in [0.4, 0.5) is 5.82 Å². The van der Waals surface area contributed by atoms with E-state index in [-0.39, 0.29) is 5.91 Å². The van der Waals surface area contributed by atoms with Crippen molar-refractivity contribution in [2.75, 3.05) is 37.7 Å². The summed E-state index contributed by atoms with van der Waals surface area (Å²) in [6, 6.07) is 5.53. The zero-order valence-corrected chi connectivity index (χ0v) is 14.3. The van der Waals surface area contributed by atoms with Gasteiger partial charge < -0.3 is 14.5 Å². The fraction of sp³-hybridized carbons (Fsp3) is 0.444. The number of ether oxygens (including phenoxy) is 1. The molecule has 4 rings (SSSR count). The van der Waals surface area contributed by atoms with E-state index in [0.717, 1.165) is 55.5 Å². The van der Waals surface area contributed by atoms with Crippen LogP contribution in [0.2, 0.25) is 0 Å². The average molecular weight is 339 g/mol. The molecule has 2 aromatic heterocycles. The number of hydrogen-bond acceptors (Lipinski definition) is 6. The summed E-state index contributed by atoms with van der Waals surface area (Å²) in [5.74, 6) is 0.954. The monoisotopic (exact) mass is 339 g/mol. The molecule has 130 valence electrons. The summed E-state index contributed by atoms with van der Waals surface area (Å²) in [4.78, 5) is 30.1. The van der Waals surface area contributed by atoms with Crippen molar-refractivity contribution in [1.82, 2.24) is 19.9 Å². The summed E-state index contributed by atoms with van der Waals surface area (Å²) in [5, 5.41) is 0. The number of anilines is 1. The van der Waals surface area contributed by atoms with Gasteiger partial charge in [0.25, 0.3) is 5.91 Å². The highest BCUT2D eigenvalue weighted by Crippen LogP contribution is 2.26. The summed E-state index contributed by atoms with van der Waals surface area (Å²) in [7, 11) is 0. The van der Waals surface area contributed by atoms with Crippen LogP contribution in [-0.2, 0) is 17.7 Å². The fourth-order valence-electron chi connectivity index (χ4n) is 3.38. The van der Waals surface area contributed by atoms with E-state index in [0.29, 0.717) is 18.8 Å². The molecule has 0 spiro atoms. The number of aromatic nitrogens is 3. The predicted molar refractivity (Wildman–Crippen MR) is 92.5 cm³/mol. The van der Waals surface area contributed by atoms with Crippen molar-refractivity contribution in [1.29, 1.82) is 0 Å². The minimum atomic E-state index is -0.0408. The molecule has 0 aromatic carbocycles. The zero-order chi connectivity index (χ0) is 17.2. The SMILES string of the molecule is Cc1cccc(C(=O)N2CCc3c(ncnc3N3CCOCC3)C2)n1. The Bertz CT molecular complexity index is 789. The lowest BCUT2D eigenvalue weighted by atomic mass is 10.0. The summed E-state index contributed by atoms with van der Waals surface area (Å²) in [6.07, 6.45) is 2.36. The molecule has 1 fully saturated rings. The van der Waals surface area contributed by atoms with Crippen molar-refractivity contribution >= 4 is 11.7 Å². The number of rotatable bonds is 2. The van der Waals surface area contributed by atoms with Crippen molar-refractivity contribution in [3.05, 3.63) is 47.2 Å². The molecule has 0 saturated carbocycles. The lowest BCUT2D eigenvalue weighted by Gasteiger charge is -2.33. The van der Waals surface area contributed by atoms with Gasteiger partial charge in [-0.05, 0) is 25.5 Å². The maximum atomic E-state index is 12.7. The first-order valence-electron chi connectivity index (χ1n) is 8.61. The molecular weight excluding hydrogens is 318 g/mol. The summed E-state index contributed by atoms with van der Waals surface area (Å²) in [5.41, 5.74) is 3.43. The fourth-order valence-corrected chi connectivity index (χ4v) is 3.38. The molecule has 0 N–H and O–H groups in total. The average Bonchev–Trinajstić information content (AvgIpc) is 2.67. The first-order chi connectivity index (χ1) is 12.2. The summed E-state index contributed by atoms with van der Waals surface area (Å²) < 4.78 is 5.43. The van der Waals surface area contributed by atoms with Gasteiger partial charge in [0, 0.05) is 30.9 Å². The van der Waals surface area contributed by atoms with Crippen LogP contribution in [0.1, 0.15) is 27.4 Å². The Morgan fingerprint density at radius 3 is 2.80 bits per heavy atom. The van der Waals surface area contributed by atoms with Crippen LogP contribution >= 0.6 is 0 Å². The summed E-state index contributed by atoms with van der Waals surface area (Å²) in [6.45, 7) is 6.20. The molecular formula is C18H21N5O2. The second-order valence-electron chi connectivity index (χ2n) is 6.36. The normalized spacial score (nSPS) is 17.3. The third-order valence-electron chi connectivity index (χ3n) is 4.69.